The zero-order valence-electron chi connectivity index (χ0n) is 10.1. The Labute approximate surface area is 106 Å². The summed E-state index contributed by atoms with van der Waals surface area (Å²) < 4.78 is 38.7. The van der Waals surface area contributed by atoms with E-state index in [2.05, 4.69) is 0 Å². The summed E-state index contributed by atoms with van der Waals surface area (Å²) in [7, 11) is -2.52. The van der Waals surface area contributed by atoms with Gasteiger partial charge in [0.25, 0.3) is 0 Å². The molecule has 18 heavy (non-hydrogen) atoms. The number of likely N-dealkylation sites (N-methyl/N-ethyl adjacent to an activating group) is 1. The molecule has 0 saturated heterocycles. The molecular weight excluding hydrogens is 257 g/mol. The summed E-state index contributed by atoms with van der Waals surface area (Å²) in [6.45, 7) is 0.00132. The van der Waals surface area contributed by atoms with Gasteiger partial charge in [0, 0.05) is 13.6 Å². The fourth-order valence-electron chi connectivity index (χ4n) is 1.81. The third-order valence-corrected chi connectivity index (χ3v) is 4.99. The Kier molecular flexibility index (Phi) is 3.70. The Bertz CT molecular complexity index is 528. The summed E-state index contributed by atoms with van der Waals surface area (Å²) in [5, 5.41) is 9.74. The molecule has 1 aliphatic rings. The number of hydrogen-bond donors (Lipinski definition) is 1. The van der Waals surface area contributed by atoms with Gasteiger partial charge in [0.2, 0.25) is 10.0 Å². The molecule has 0 spiro atoms. The van der Waals surface area contributed by atoms with E-state index in [1.54, 1.807) is 0 Å². The maximum absolute atomic E-state index is 13.5. The van der Waals surface area contributed by atoms with Gasteiger partial charge in [-0.2, -0.15) is 4.31 Å². The molecule has 0 aromatic heterocycles. The molecule has 1 saturated carbocycles. The van der Waals surface area contributed by atoms with Crippen LogP contribution in [0.15, 0.2) is 29.2 Å². The average molecular weight is 273 g/mol. The molecule has 1 aromatic carbocycles. The Hall–Kier alpha value is -0.980. The standard InChI is InChI=1S/C12H16FNO3S/c1-14(8-11(15)9-6-7-9)18(16,17)12-5-3-2-4-10(12)13/h2-5,9,11,15H,6-8H2,1H3/t11-/m1/s1. The molecule has 0 bridgehead atoms. The number of sulfonamides is 1. The highest BCUT2D eigenvalue weighted by molar-refractivity contribution is 7.89. The molecule has 4 nitrogen and oxygen atoms in total. The highest BCUT2D eigenvalue weighted by Crippen LogP contribution is 2.33. The largest absolute Gasteiger partial charge is 0.391 e. The van der Waals surface area contributed by atoms with Gasteiger partial charge >= 0.3 is 0 Å². The number of aliphatic hydroxyl groups excluding tert-OH is 1. The molecule has 1 N–H and O–H groups in total. The molecule has 0 heterocycles. The Balaban J connectivity index is 2.17. The topological polar surface area (TPSA) is 57.6 Å². The molecule has 0 amide bonds. The zero-order valence-corrected chi connectivity index (χ0v) is 10.9. The number of benzene rings is 1. The van der Waals surface area contributed by atoms with Crippen molar-refractivity contribution in [3.05, 3.63) is 30.1 Å². The first-order chi connectivity index (χ1) is 8.43. The molecule has 1 aromatic rings. The van der Waals surface area contributed by atoms with E-state index in [4.69, 9.17) is 0 Å². The van der Waals surface area contributed by atoms with Crippen molar-refractivity contribution in [3.63, 3.8) is 0 Å². The first-order valence-electron chi connectivity index (χ1n) is 5.82. The van der Waals surface area contributed by atoms with Crippen LogP contribution in [-0.4, -0.2) is 37.5 Å². The van der Waals surface area contributed by atoms with Gasteiger partial charge in [-0.05, 0) is 30.9 Å². The third kappa shape index (κ3) is 2.71. The minimum absolute atomic E-state index is 0.00132. The SMILES string of the molecule is CN(C[C@@H](O)C1CC1)S(=O)(=O)c1ccccc1F. The van der Waals surface area contributed by atoms with Crippen LogP contribution in [0.4, 0.5) is 4.39 Å². The van der Waals surface area contributed by atoms with Crippen molar-refractivity contribution in [1.29, 1.82) is 0 Å². The van der Waals surface area contributed by atoms with E-state index in [0.717, 1.165) is 23.2 Å². The van der Waals surface area contributed by atoms with Crippen molar-refractivity contribution in [2.24, 2.45) is 5.92 Å². The molecule has 0 unspecified atom stereocenters. The fraction of sp³-hybridized carbons (Fsp3) is 0.500. The van der Waals surface area contributed by atoms with Crippen LogP contribution in [0.3, 0.4) is 0 Å². The normalized spacial score (nSPS) is 18.0. The number of aliphatic hydroxyl groups is 1. The molecule has 0 aliphatic heterocycles. The lowest BCUT2D eigenvalue weighted by Gasteiger charge is -2.20. The molecule has 1 fully saturated rings. The molecule has 100 valence electrons. The van der Waals surface area contributed by atoms with Gasteiger partial charge in [-0.3, -0.25) is 0 Å². The van der Waals surface area contributed by atoms with Gasteiger partial charge in [0.15, 0.2) is 0 Å². The smallest absolute Gasteiger partial charge is 0.245 e. The van der Waals surface area contributed by atoms with Gasteiger partial charge < -0.3 is 5.11 Å². The van der Waals surface area contributed by atoms with E-state index in [0.29, 0.717) is 0 Å². The van der Waals surface area contributed by atoms with Crippen LogP contribution in [0.5, 0.6) is 0 Å². The van der Waals surface area contributed by atoms with Crippen molar-refractivity contribution in [1.82, 2.24) is 4.31 Å². The fourth-order valence-corrected chi connectivity index (χ4v) is 3.06. The molecule has 6 heteroatoms. The maximum atomic E-state index is 13.5. The van der Waals surface area contributed by atoms with Gasteiger partial charge in [0.1, 0.15) is 10.7 Å². The lowest BCUT2D eigenvalue weighted by atomic mass is 10.2. The van der Waals surface area contributed by atoms with Crippen molar-refractivity contribution >= 4 is 10.0 Å². The maximum Gasteiger partial charge on any atom is 0.245 e. The van der Waals surface area contributed by atoms with Crippen LogP contribution in [0.2, 0.25) is 0 Å². The number of hydrogen-bond acceptors (Lipinski definition) is 3. The Morgan fingerprint density at radius 2 is 2.06 bits per heavy atom. The Morgan fingerprint density at radius 1 is 1.44 bits per heavy atom. The molecular formula is C12H16FNO3S. The second-order valence-electron chi connectivity index (χ2n) is 4.62. The summed E-state index contributed by atoms with van der Waals surface area (Å²) >= 11 is 0. The molecule has 0 radical (unpaired) electrons. The van der Waals surface area contributed by atoms with Crippen LogP contribution in [0.1, 0.15) is 12.8 Å². The lowest BCUT2D eigenvalue weighted by Crippen LogP contribution is -2.35. The van der Waals surface area contributed by atoms with Crippen molar-refractivity contribution in [2.75, 3.05) is 13.6 Å². The summed E-state index contributed by atoms with van der Waals surface area (Å²) in [5.41, 5.74) is 0. The molecule has 2 rings (SSSR count). The minimum Gasteiger partial charge on any atom is -0.391 e. The van der Waals surface area contributed by atoms with Gasteiger partial charge in [-0.1, -0.05) is 12.1 Å². The second-order valence-corrected chi connectivity index (χ2v) is 6.63. The summed E-state index contributed by atoms with van der Waals surface area (Å²) in [4.78, 5) is -0.351. The number of rotatable bonds is 5. The van der Waals surface area contributed by atoms with Gasteiger partial charge in [-0.25, -0.2) is 12.8 Å². The van der Waals surface area contributed by atoms with E-state index in [1.165, 1.54) is 25.2 Å². The van der Waals surface area contributed by atoms with E-state index in [-0.39, 0.29) is 17.4 Å². The van der Waals surface area contributed by atoms with E-state index < -0.39 is 21.9 Å². The summed E-state index contributed by atoms with van der Waals surface area (Å²) in [5.74, 6) is -0.589. The van der Waals surface area contributed by atoms with Crippen LogP contribution in [0.25, 0.3) is 0 Å². The monoisotopic (exact) mass is 273 g/mol. The highest BCUT2D eigenvalue weighted by atomic mass is 32.2. The zero-order chi connectivity index (χ0) is 13.3. The summed E-state index contributed by atoms with van der Waals surface area (Å²) in [6, 6.07) is 5.25. The van der Waals surface area contributed by atoms with E-state index in [9.17, 15) is 17.9 Å². The second kappa shape index (κ2) is 4.95. The lowest BCUT2D eigenvalue weighted by molar-refractivity contribution is 0.131. The van der Waals surface area contributed by atoms with Crippen molar-refractivity contribution in [3.8, 4) is 0 Å². The molecule has 1 atom stereocenters. The van der Waals surface area contributed by atoms with Crippen LogP contribution >= 0.6 is 0 Å². The quantitative estimate of drug-likeness (QED) is 0.877. The summed E-state index contributed by atoms with van der Waals surface area (Å²) in [6.07, 6.45) is 1.18. The van der Waals surface area contributed by atoms with Gasteiger partial charge in [-0.15, -0.1) is 0 Å². The first-order valence-corrected chi connectivity index (χ1v) is 7.26. The van der Waals surface area contributed by atoms with Crippen molar-refractivity contribution < 1.29 is 17.9 Å². The third-order valence-electron chi connectivity index (χ3n) is 3.14. The van der Waals surface area contributed by atoms with E-state index >= 15 is 0 Å². The predicted molar refractivity (Wildman–Crippen MR) is 64.9 cm³/mol. The van der Waals surface area contributed by atoms with E-state index in [1.807, 2.05) is 0 Å². The number of nitrogens with zero attached hydrogens (tertiary/aromatic N) is 1. The molecule has 1 aliphatic carbocycles. The Morgan fingerprint density at radius 3 is 2.61 bits per heavy atom. The van der Waals surface area contributed by atoms with Gasteiger partial charge in [0.05, 0.1) is 6.10 Å². The average Bonchev–Trinajstić information content (AvgIpc) is 3.12. The van der Waals surface area contributed by atoms with Crippen LogP contribution in [-0.2, 0) is 10.0 Å². The number of halogens is 1. The predicted octanol–water partition coefficient (Wildman–Crippen LogP) is 1.22. The first kappa shape index (κ1) is 13.5. The van der Waals surface area contributed by atoms with Crippen LogP contribution in [0, 0.1) is 11.7 Å². The van der Waals surface area contributed by atoms with Crippen LogP contribution < -0.4 is 0 Å². The highest BCUT2D eigenvalue weighted by Gasteiger charge is 2.33. The van der Waals surface area contributed by atoms with Crippen molar-refractivity contribution in [2.45, 2.75) is 23.8 Å². The minimum atomic E-state index is -3.87.